The molecule has 1 aromatic heterocycles. The van der Waals surface area contributed by atoms with Crippen molar-refractivity contribution in [3.05, 3.63) is 70.6 Å². The molecule has 1 aliphatic heterocycles. The van der Waals surface area contributed by atoms with Crippen LogP contribution >= 0.6 is 11.3 Å². The minimum atomic E-state index is -0.0192. The monoisotopic (exact) mass is 403 g/mol. The van der Waals surface area contributed by atoms with Crippen molar-refractivity contribution >= 4 is 28.6 Å². The van der Waals surface area contributed by atoms with Crippen LogP contribution in [0.25, 0.3) is 10.4 Å². The number of fused-ring (bicyclic) bond motifs is 3. The highest BCUT2D eigenvalue weighted by molar-refractivity contribution is 7.17. The molecule has 0 saturated carbocycles. The van der Waals surface area contributed by atoms with E-state index in [0.717, 1.165) is 49.6 Å². The van der Waals surface area contributed by atoms with Gasteiger partial charge in [-0.05, 0) is 66.9 Å². The Morgan fingerprint density at radius 3 is 2.45 bits per heavy atom. The number of rotatable bonds is 3. The molecule has 5 heteroatoms. The van der Waals surface area contributed by atoms with Crippen molar-refractivity contribution in [2.75, 3.05) is 43.4 Å². The van der Waals surface area contributed by atoms with Gasteiger partial charge in [-0.15, -0.1) is 11.3 Å². The summed E-state index contributed by atoms with van der Waals surface area (Å²) in [5.41, 5.74) is 6.03. The Morgan fingerprint density at radius 1 is 0.931 bits per heavy atom. The molecule has 1 amide bonds. The smallest absolute Gasteiger partial charge is 0.265 e. The topological polar surface area (TPSA) is 35.6 Å². The van der Waals surface area contributed by atoms with Gasteiger partial charge in [0.2, 0.25) is 0 Å². The quantitative estimate of drug-likeness (QED) is 0.699. The minimum absolute atomic E-state index is 0.0192. The Morgan fingerprint density at radius 2 is 1.66 bits per heavy atom. The third-order valence-corrected chi connectivity index (χ3v) is 7.16. The van der Waals surface area contributed by atoms with Crippen molar-refractivity contribution in [1.29, 1.82) is 0 Å². The molecule has 0 radical (unpaired) electrons. The molecule has 4 nitrogen and oxygen atoms in total. The van der Waals surface area contributed by atoms with Gasteiger partial charge < -0.3 is 15.1 Å². The maximum atomic E-state index is 12.8. The van der Waals surface area contributed by atoms with E-state index in [4.69, 9.17) is 0 Å². The van der Waals surface area contributed by atoms with Crippen molar-refractivity contribution in [3.8, 4) is 10.4 Å². The summed E-state index contributed by atoms with van der Waals surface area (Å²) < 4.78 is 0. The van der Waals surface area contributed by atoms with Gasteiger partial charge in [0.1, 0.15) is 0 Å². The second-order valence-corrected chi connectivity index (χ2v) is 8.97. The van der Waals surface area contributed by atoms with Gasteiger partial charge in [-0.3, -0.25) is 4.79 Å². The number of nitrogens with zero attached hydrogens (tertiary/aromatic N) is 2. The molecule has 0 atom stereocenters. The van der Waals surface area contributed by atoms with E-state index in [9.17, 15) is 4.79 Å². The molecule has 5 rings (SSSR count). The molecule has 0 unspecified atom stereocenters. The number of hydrogen-bond donors (Lipinski definition) is 1. The molecular formula is C24H25N3OS. The van der Waals surface area contributed by atoms with Gasteiger partial charge in [0.15, 0.2) is 0 Å². The summed E-state index contributed by atoms with van der Waals surface area (Å²) in [6, 6.07) is 18.8. The summed E-state index contributed by atoms with van der Waals surface area (Å²) in [6.07, 6.45) is 2.06. The highest BCUT2D eigenvalue weighted by atomic mass is 32.1. The molecule has 1 saturated heterocycles. The van der Waals surface area contributed by atoms with Crippen LogP contribution in [0.15, 0.2) is 54.6 Å². The summed E-state index contributed by atoms with van der Waals surface area (Å²) in [4.78, 5) is 19.6. The first-order valence-electron chi connectivity index (χ1n) is 10.2. The molecule has 1 aliphatic carbocycles. The van der Waals surface area contributed by atoms with Gasteiger partial charge in [0.25, 0.3) is 5.91 Å². The lowest BCUT2D eigenvalue weighted by Gasteiger charge is -2.34. The number of nitrogens with one attached hydrogen (secondary N) is 1. The normalized spacial score (nSPS) is 16.2. The van der Waals surface area contributed by atoms with E-state index >= 15 is 0 Å². The van der Waals surface area contributed by atoms with Gasteiger partial charge in [-0.2, -0.15) is 0 Å². The van der Waals surface area contributed by atoms with Gasteiger partial charge in [0.05, 0.1) is 4.88 Å². The predicted molar refractivity (Wildman–Crippen MR) is 121 cm³/mol. The predicted octanol–water partition coefficient (Wildman–Crippen LogP) is 4.52. The maximum absolute atomic E-state index is 12.8. The van der Waals surface area contributed by atoms with Gasteiger partial charge in [-0.25, -0.2) is 0 Å². The Labute approximate surface area is 175 Å². The van der Waals surface area contributed by atoms with Crippen molar-refractivity contribution < 1.29 is 4.79 Å². The lowest BCUT2D eigenvalue weighted by atomic mass is 9.91. The van der Waals surface area contributed by atoms with E-state index < -0.39 is 0 Å². The number of amides is 1. The zero-order valence-electron chi connectivity index (χ0n) is 16.6. The van der Waals surface area contributed by atoms with Crippen LogP contribution in [0.3, 0.4) is 0 Å². The van der Waals surface area contributed by atoms with E-state index in [1.165, 1.54) is 27.3 Å². The van der Waals surface area contributed by atoms with Gasteiger partial charge in [-0.1, -0.05) is 24.3 Å². The fraction of sp³-hybridized carbons (Fsp3) is 0.292. The van der Waals surface area contributed by atoms with Crippen molar-refractivity contribution in [2.24, 2.45) is 0 Å². The van der Waals surface area contributed by atoms with Crippen LogP contribution < -0.4 is 10.2 Å². The number of hydrogen-bond acceptors (Lipinski definition) is 4. The summed E-state index contributed by atoms with van der Waals surface area (Å²) in [5, 5.41) is 3.07. The number of carbonyl (C=O) groups is 1. The van der Waals surface area contributed by atoms with Crippen LogP contribution in [0, 0.1) is 0 Å². The van der Waals surface area contributed by atoms with Crippen LogP contribution in [-0.2, 0) is 12.8 Å². The lowest BCUT2D eigenvalue weighted by molar-refractivity contribution is 0.103. The van der Waals surface area contributed by atoms with Crippen molar-refractivity contribution in [2.45, 2.75) is 12.8 Å². The summed E-state index contributed by atoms with van der Waals surface area (Å²) in [5.74, 6) is -0.0192. The molecule has 2 heterocycles. The molecule has 148 valence electrons. The second kappa shape index (κ2) is 7.65. The van der Waals surface area contributed by atoms with Crippen LogP contribution in [0.5, 0.6) is 0 Å². The average molecular weight is 404 g/mol. The molecule has 0 bridgehead atoms. The molecular weight excluding hydrogens is 378 g/mol. The van der Waals surface area contributed by atoms with Crippen LogP contribution in [-0.4, -0.2) is 44.0 Å². The fourth-order valence-electron chi connectivity index (χ4n) is 4.20. The summed E-state index contributed by atoms with van der Waals surface area (Å²) in [6.45, 7) is 4.27. The second-order valence-electron chi connectivity index (χ2n) is 7.91. The molecule has 3 aromatic rings. The Hall–Kier alpha value is -2.63. The van der Waals surface area contributed by atoms with E-state index in [2.05, 4.69) is 64.6 Å². The summed E-state index contributed by atoms with van der Waals surface area (Å²) >= 11 is 1.61. The fourth-order valence-corrected chi connectivity index (χ4v) is 5.36. The van der Waals surface area contributed by atoms with Gasteiger partial charge >= 0.3 is 0 Å². The number of aryl methyl sites for hydroxylation is 2. The average Bonchev–Trinajstić information content (AvgIpc) is 3.20. The molecule has 29 heavy (non-hydrogen) atoms. The maximum Gasteiger partial charge on any atom is 0.265 e. The standard InChI is InChI=1S/C24H25N3OS/c1-26-12-14-27(15-13-26)20-10-8-19(9-11-20)25-24(28)22-16-18-7-6-17-4-2-3-5-21(17)23(18)29-22/h2-5,8-11,16H,6-7,12-15H2,1H3,(H,25,28). The number of thiophene rings is 1. The Balaban J connectivity index is 1.30. The molecule has 1 fully saturated rings. The number of anilines is 2. The van der Waals surface area contributed by atoms with E-state index in [1.807, 2.05) is 12.1 Å². The molecule has 1 N–H and O–H groups in total. The minimum Gasteiger partial charge on any atom is -0.369 e. The SMILES string of the molecule is CN1CCN(c2ccc(NC(=O)c3cc4c(s3)-c3ccccc3CC4)cc2)CC1. The van der Waals surface area contributed by atoms with Crippen molar-refractivity contribution in [3.63, 3.8) is 0 Å². The summed E-state index contributed by atoms with van der Waals surface area (Å²) in [7, 11) is 2.16. The van der Waals surface area contributed by atoms with Crippen LogP contribution in [0.1, 0.15) is 20.8 Å². The zero-order chi connectivity index (χ0) is 19.8. The third-order valence-electron chi connectivity index (χ3n) is 5.95. The number of benzene rings is 2. The number of piperazine rings is 1. The van der Waals surface area contributed by atoms with Gasteiger partial charge in [0, 0.05) is 42.4 Å². The van der Waals surface area contributed by atoms with Crippen LogP contribution in [0.2, 0.25) is 0 Å². The van der Waals surface area contributed by atoms with E-state index in [-0.39, 0.29) is 5.91 Å². The molecule has 2 aromatic carbocycles. The number of carbonyl (C=O) groups excluding carboxylic acids is 1. The van der Waals surface area contributed by atoms with Crippen LogP contribution in [0.4, 0.5) is 11.4 Å². The first kappa shape index (κ1) is 18.4. The van der Waals surface area contributed by atoms with E-state index in [0.29, 0.717) is 0 Å². The first-order chi connectivity index (χ1) is 14.2. The highest BCUT2D eigenvalue weighted by Crippen LogP contribution is 2.39. The Bertz CT molecular complexity index is 1030. The molecule has 2 aliphatic rings. The third kappa shape index (κ3) is 3.68. The number of likely N-dealkylation sites (N-methyl/N-ethyl adjacent to an activating group) is 1. The highest BCUT2D eigenvalue weighted by Gasteiger charge is 2.21. The zero-order valence-corrected chi connectivity index (χ0v) is 17.5. The molecule has 0 spiro atoms. The largest absolute Gasteiger partial charge is 0.369 e. The lowest BCUT2D eigenvalue weighted by Crippen LogP contribution is -2.44. The Kier molecular flexibility index (Phi) is 4.86. The van der Waals surface area contributed by atoms with Crippen molar-refractivity contribution in [1.82, 2.24) is 4.90 Å². The van der Waals surface area contributed by atoms with E-state index in [1.54, 1.807) is 11.3 Å². The first-order valence-corrected chi connectivity index (χ1v) is 11.0.